The molecule has 2 nitrogen and oxygen atoms in total. The molecule has 0 heterocycles. The van der Waals surface area contributed by atoms with E-state index in [0.29, 0.717) is 6.04 Å². The lowest BCUT2D eigenvalue weighted by Crippen LogP contribution is -2.20. The van der Waals surface area contributed by atoms with Crippen molar-refractivity contribution in [2.75, 3.05) is 6.54 Å². The smallest absolute Gasteiger partial charge is 0.00392 e. The van der Waals surface area contributed by atoms with E-state index in [-0.39, 0.29) is 0 Å². The van der Waals surface area contributed by atoms with Crippen molar-refractivity contribution in [3.8, 4) is 0 Å². The van der Waals surface area contributed by atoms with Gasteiger partial charge >= 0.3 is 0 Å². The summed E-state index contributed by atoms with van der Waals surface area (Å²) in [7, 11) is 0. The fourth-order valence-electron chi connectivity index (χ4n) is 4.72. The molecule has 0 amide bonds. The van der Waals surface area contributed by atoms with Gasteiger partial charge in [-0.1, -0.05) is 155 Å². The Morgan fingerprint density at radius 3 is 0.935 bits per heavy atom. The summed E-state index contributed by atoms with van der Waals surface area (Å²) in [6.07, 6.45) is 36.7. The Morgan fingerprint density at radius 1 is 0.387 bits per heavy atom. The number of hydrogen-bond acceptors (Lipinski definition) is 2. The highest BCUT2D eigenvalue weighted by atomic mass is 14.6. The van der Waals surface area contributed by atoms with Crippen LogP contribution in [0.2, 0.25) is 0 Å². The maximum absolute atomic E-state index is 6.10. The van der Waals surface area contributed by atoms with E-state index in [2.05, 4.69) is 6.92 Å². The minimum absolute atomic E-state index is 0.387. The molecule has 0 radical (unpaired) electrons. The van der Waals surface area contributed by atoms with Gasteiger partial charge in [-0.2, -0.15) is 0 Å². The van der Waals surface area contributed by atoms with Gasteiger partial charge in [-0.15, -0.1) is 0 Å². The fourth-order valence-corrected chi connectivity index (χ4v) is 4.72. The first kappa shape index (κ1) is 30.9. The summed E-state index contributed by atoms with van der Waals surface area (Å²) in [5, 5.41) is 0. The molecule has 0 aromatic rings. The summed E-state index contributed by atoms with van der Waals surface area (Å²) in [5.74, 6) is 0. The molecule has 4 N–H and O–H groups in total. The van der Waals surface area contributed by atoms with Crippen LogP contribution in [-0.2, 0) is 0 Å². The van der Waals surface area contributed by atoms with Gasteiger partial charge in [0.25, 0.3) is 0 Å². The highest BCUT2D eigenvalue weighted by molar-refractivity contribution is 4.61. The molecule has 31 heavy (non-hydrogen) atoms. The van der Waals surface area contributed by atoms with Crippen LogP contribution >= 0.6 is 0 Å². The predicted molar refractivity (Wildman–Crippen MR) is 143 cm³/mol. The highest BCUT2D eigenvalue weighted by Crippen LogP contribution is 2.16. The van der Waals surface area contributed by atoms with Crippen molar-refractivity contribution in [3.63, 3.8) is 0 Å². The van der Waals surface area contributed by atoms with Crippen molar-refractivity contribution in [2.45, 2.75) is 180 Å². The maximum Gasteiger partial charge on any atom is 0.00392 e. The third kappa shape index (κ3) is 27.9. The van der Waals surface area contributed by atoms with E-state index in [4.69, 9.17) is 11.5 Å². The van der Waals surface area contributed by atoms with Gasteiger partial charge in [0.2, 0.25) is 0 Å². The molecule has 0 aliphatic rings. The number of unbranched alkanes of at least 4 members (excludes halogenated alkanes) is 22. The normalized spacial score (nSPS) is 12.5. The second kappa shape index (κ2) is 28.0. The van der Waals surface area contributed by atoms with E-state index >= 15 is 0 Å². The van der Waals surface area contributed by atoms with E-state index in [1.54, 1.807) is 0 Å². The Balaban J connectivity index is 3.03. The molecule has 0 saturated carbocycles. The Morgan fingerprint density at radius 2 is 0.645 bits per heavy atom. The molecule has 0 aromatic carbocycles. The van der Waals surface area contributed by atoms with Gasteiger partial charge in [0.05, 0.1) is 0 Å². The first-order valence-corrected chi connectivity index (χ1v) is 14.8. The topological polar surface area (TPSA) is 52.0 Å². The Hall–Kier alpha value is -0.0800. The lowest BCUT2D eigenvalue weighted by Gasteiger charge is -2.10. The number of rotatable bonds is 27. The van der Waals surface area contributed by atoms with Crippen LogP contribution < -0.4 is 11.5 Å². The third-order valence-corrected chi connectivity index (χ3v) is 6.96. The Bertz CT molecular complexity index is 305. The van der Waals surface area contributed by atoms with Crippen LogP contribution in [0, 0.1) is 0 Å². The minimum Gasteiger partial charge on any atom is -0.330 e. The van der Waals surface area contributed by atoms with Crippen molar-refractivity contribution in [2.24, 2.45) is 11.5 Å². The van der Waals surface area contributed by atoms with Crippen LogP contribution in [0.5, 0.6) is 0 Å². The lowest BCUT2D eigenvalue weighted by molar-refractivity contribution is 0.495. The summed E-state index contributed by atoms with van der Waals surface area (Å²) >= 11 is 0. The van der Waals surface area contributed by atoms with Crippen LogP contribution in [0.4, 0.5) is 0 Å². The number of nitrogens with two attached hydrogens (primary N) is 2. The summed E-state index contributed by atoms with van der Waals surface area (Å²) < 4.78 is 0. The quantitative estimate of drug-likeness (QED) is 0.125. The van der Waals surface area contributed by atoms with E-state index in [1.165, 1.54) is 154 Å². The predicted octanol–water partition coefficient (Wildman–Crippen LogP) is 9.43. The summed E-state index contributed by atoms with van der Waals surface area (Å²) in [4.78, 5) is 0. The minimum atomic E-state index is 0.387. The molecule has 1 atom stereocenters. The van der Waals surface area contributed by atoms with Crippen LogP contribution in [0.3, 0.4) is 0 Å². The molecule has 0 aliphatic heterocycles. The monoisotopic (exact) mass is 438 g/mol. The van der Waals surface area contributed by atoms with E-state index < -0.39 is 0 Å². The molecule has 0 rings (SSSR count). The van der Waals surface area contributed by atoms with Crippen LogP contribution in [0.25, 0.3) is 0 Å². The molecule has 2 heteroatoms. The molecular formula is C29H62N2. The van der Waals surface area contributed by atoms with E-state index in [0.717, 1.165) is 19.4 Å². The summed E-state index contributed by atoms with van der Waals surface area (Å²) in [6.45, 7) is 3.09. The van der Waals surface area contributed by atoms with Gasteiger partial charge in [-0.25, -0.2) is 0 Å². The van der Waals surface area contributed by atoms with Gasteiger partial charge in [-0.3, -0.25) is 0 Å². The van der Waals surface area contributed by atoms with Crippen LogP contribution in [0.1, 0.15) is 174 Å². The molecule has 188 valence electrons. The second-order valence-corrected chi connectivity index (χ2v) is 10.3. The van der Waals surface area contributed by atoms with Gasteiger partial charge in [0.15, 0.2) is 0 Å². The zero-order chi connectivity index (χ0) is 22.7. The molecule has 0 aliphatic carbocycles. The first-order chi connectivity index (χ1) is 15.3. The van der Waals surface area contributed by atoms with Crippen molar-refractivity contribution in [3.05, 3.63) is 0 Å². The first-order valence-electron chi connectivity index (χ1n) is 14.8. The maximum atomic E-state index is 6.10. The van der Waals surface area contributed by atoms with E-state index in [9.17, 15) is 0 Å². The largest absolute Gasteiger partial charge is 0.330 e. The van der Waals surface area contributed by atoms with Crippen molar-refractivity contribution < 1.29 is 0 Å². The van der Waals surface area contributed by atoms with Crippen LogP contribution in [0.15, 0.2) is 0 Å². The van der Waals surface area contributed by atoms with E-state index in [1.807, 2.05) is 0 Å². The lowest BCUT2D eigenvalue weighted by atomic mass is 10.0. The van der Waals surface area contributed by atoms with Crippen LogP contribution in [-0.4, -0.2) is 12.6 Å². The number of hydrogen-bond donors (Lipinski definition) is 2. The fraction of sp³-hybridized carbons (Fsp3) is 1.00. The highest BCUT2D eigenvalue weighted by Gasteiger charge is 2.01. The van der Waals surface area contributed by atoms with Gasteiger partial charge in [-0.05, 0) is 25.8 Å². The van der Waals surface area contributed by atoms with Crippen molar-refractivity contribution in [1.82, 2.24) is 0 Å². The SMILES string of the molecule is CCCCCCCCCCCCCCCCCCCCCCCCCC(N)CCCN. The molecular weight excluding hydrogens is 376 g/mol. The zero-order valence-electron chi connectivity index (χ0n) is 21.8. The standard InChI is InChI=1S/C29H62N2/c1-2-3-4-5-6-7-8-9-10-11-12-13-14-15-16-17-18-19-20-21-22-23-24-26-29(31)27-25-28-30/h29H,2-28,30-31H2,1H3. The van der Waals surface area contributed by atoms with Crippen molar-refractivity contribution in [1.29, 1.82) is 0 Å². The average molecular weight is 439 g/mol. The van der Waals surface area contributed by atoms with Gasteiger partial charge in [0.1, 0.15) is 0 Å². The molecule has 0 spiro atoms. The van der Waals surface area contributed by atoms with Crippen molar-refractivity contribution >= 4 is 0 Å². The molecule has 1 unspecified atom stereocenters. The Labute approximate surface area is 198 Å². The summed E-state index contributed by atoms with van der Waals surface area (Å²) in [5.41, 5.74) is 11.6. The molecule has 0 saturated heterocycles. The molecule has 0 aromatic heterocycles. The van der Waals surface area contributed by atoms with Gasteiger partial charge in [0, 0.05) is 6.04 Å². The zero-order valence-corrected chi connectivity index (χ0v) is 21.8. The average Bonchev–Trinajstić information content (AvgIpc) is 2.78. The molecule has 0 fully saturated rings. The third-order valence-electron chi connectivity index (χ3n) is 6.96. The Kier molecular flexibility index (Phi) is 27.9. The second-order valence-electron chi connectivity index (χ2n) is 10.3. The molecule has 0 bridgehead atoms. The summed E-state index contributed by atoms with van der Waals surface area (Å²) in [6, 6.07) is 0.387. The van der Waals surface area contributed by atoms with Gasteiger partial charge < -0.3 is 11.5 Å².